The molecule has 1 N–H and O–H groups in total. The van der Waals surface area contributed by atoms with Crippen LogP contribution in [0.2, 0.25) is 0 Å². The Balaban J connectivity index is 1.18. The average Bonchev–Trinajstić information content (AvgIpc) is 2.85. The lowest BCUT2D eigenvalue weighted by Crippen LogP contribution is -2.53. The zero-order valence-corrected chi connectivity index (χ0v) is 18.7. The molecule has 2 aromatic rings. The predicted molar refractivity (Wildman–Crippen MR) is 126 cm³/mol. The van der Waals surface area contributed by atoms with Crippen LogP contribution >= 0.6 is 0 Å². The molecule has 0 saturated carbocycles. The van der Waals surface area contributed by atoms with Crippen LogP contribution in [0.4, 0.5) is 17.1 Å². The van der Waals surface area contributed by atoms with Gasteiger partial charge in [-0.25, -0.2) is 0 Å². The molecule has 9 nitrogen and oxygen atoms in total. The van der Waals surface area contributed by atoms with Gasteiger partial charge in [0, 0.05) is 45.0 Å². The lowest BCUT2D eigenvalue weighted by molar-refractivity contribution is -0.135. The molecule has 0 radical (unpaired) electrons. The molecule has 9 heteroatoms. The number of carbonyl (C=O) groups is 2. The summed E-state index contributed by atoms with van der Waals surface area (Å²) >= 11 is 0. The molecule has 0 aliphatic carbocycles. The molecule has 2 fully saturated rings. The number of azo groups is 1. The molecule has 33 heavy (non-hydrogen) atoms. The van der Waals surface area contributed by atoms with E-state index < -0.39 is 0 Å². The lowest BCUT2D eigenvalue weighted by atomic mass is 10.2. The minimum Gasteiger partial charge on any atom is -0.379 e. The summed E-state index contributed by atoms with van der Waals surface area (Å²) in [5, 5.41) is 11.3. The Morgan fingerprint density at radius 1 is 0.758 bits per heavy atom. The first-order chi connectivity index (χ1) is 16.2. The molecule has 0 bridgehead atoms. The number of hydrogen-bond donors (Lipinski definition) is 1. The summed E-state index contributed by atoms with van der Waals surface area (Å²) in [4.78, 5) is 31.1. The third kappa shape index (κ3) is 7.18. The van der Waals surface area contributed by atoms with Gasteiger partial charge in [0.05, 0.1) is 37.7 Å². The first-order valence-electron chi connectivity index (χ1n) is 11.3. The number of hydrogen-bond acceptors (Lipinski definition) is 7. The summed E-state index contributed by atoms with van der Waals surface area (Å²) in [6.07, 6.45) is 0. The van der Waals surface area contributed by atoms with Gasteiger partial charge >= 0.3 is 0 Å². The lowest BCUT2D eigenvalue weighted by Gasteiger charge is -2.36. The molecule has 2 saturated heterocycles. The Bertz CT molecular complexity index is 936. The topological polar surface area (TPSA) is 89.8 Å². The van der Waals surface area contributed by atoms with Gasteiger partial charge in [-0.05, 0) is 36.4 Å². The van der Waals surface area contributed by atoms with E-state index in [1.54, 1.807) is 0 Å². The maximum absolute atomic E-state index is 12.5. The number of piperazine rings is 1. The highest BCUT2D eigenvalue weighted by atomic mass is 16.5. The number of ether oxygens (including phenoxy) is 1. The fraction of sp³-hybridized carbons (Fsp3) is 0.417. The first-order valence-corrected chi connectivity index (χ1v) is 11.3. The van der Waals surface area contributed by atoms with Gasteiger partial charge in [-0.2, -0.15) is 10.2 Å². The molecule has 2 amide bonds. The molecule has 174 valence electrons. The van der Waals surface area contributed by atoms with Crippen LogP contribution < -0.4 is 5.32 Å². The molecule has 2 aliphatic rings. The van der Waals surface area contributed by atoms with Crippen LogP contribution in [-0.2, 0) is 14.3 Å². The fourth-order valence-corrected chi connectivity index (χ4v) is 3.83. The smallest absolute Gasteiger partial charge is 0.238 e. The number of anilines is 1. The molecular weight excluding hydrogens is 420 g/mol. The Morgan fingerprint density at radius 2 is 1.36 bits per heavy atom. The number of amides is 2. The van der Waals surface area contributed by atoms with Crippen molar-refractivity contribution in [1.82, 2.24) is 14.7 Å². The number of nitrogens with zero attached hydrogens (tertiary/aromatic N) is 5. The van der Waals surface area contributed by atoms with E-state index in [4.69, 9.17) is 4.74 Å². The predicted octanol–water partition coefficient (Wildman–Crippen LogP) is 2.52. The highest BCUT2D eigenvalue weighted by Gasteiger charge is 2.24. The van der Waals surface area contributed by atoms with Gasteiger partial charge in [0.15, 0.2) is 0 Å². The largest absolute Gasteiger partial charge is 0.379 e. The quantitative estimate of drug-likeness (QED) is 0.655. The molecule has 2 aromatic carbocycles. The summed E-state index contributed by atoms with van der Waals surface area (Å²) < 4.78 is 5.33. The minimum absolute atomic E-state index is 0.0678. The van der Waals surface area contributed by atoms with Crippen molar-refractivity contribution in [1.29, 1.82) is 0 Å². The summed E-state index contributed by atoms with van der Waals surface area (Å²) in [6.45, 7) is 6.45. The molecular formula is C24H30N6O3. The number of rotatable bonds is 7. The summed E-state index contributed by atoms with van der Waals surface area (Å²) in [5.74, 6) is 0.0901. The van der Waals surface area contributed by atoms with E-state index in [1.165, 1.54) is 0 Å². The molecule has 2 heterocycles. The number of benzene rings is 2. The molecule has 4 rings (SSSR count). The second kappa shape index (κ2) is 11.6. The van der Waals surface area contributed by atoms with Gasteiger partial charge in [-0.3, -0.25) is 19.4 Å². The standard InChI is InChI=1S/C24H30N6O3/c31-23(25-20-6-8-22(9-7-20)27-26-21-4-2-1-3-5-21)18-28-10-12-30(13-11-28)24(32)19-29-14-16-33-17-15-29/h1-9H,10-19H2,(H,25,31). The number of morpholine rings is 1. The molecule has 0 spiro atoms. The van der Waals surface area contributed by atoms with Gasteiger partial charge in [-0.1, -0.05) is 18.2 Å². The summed E-state index contributed by atoms with van der Waals surface area (Å²) in [6, 6.07) is 16.8. The molecule has 2 aliphatic heterocycles. The van der Waals surface area contributed by atoms with Gasteiger partial charge < -0.3 is 15.0 Å². The van der Waals surface area contributed by atoms with E-state index in [0.29, 0.717) is 52.5 Å². The van der Waals surface area contributed by atoms with Crippen molar-refractivity contribution in [2.45, 2.75) is 0 Å². The van der Waals surface area contributed by atoms with Gasteiger partial charge in [-0.15, -0.1) is 0 Å². The Morgan fingerprint density at radius 3 is 2.03 bits per heavy atom. The van der Waals surface area contributed by atoms with E-state index in [9.17, 15) is 9.59 Å². The van der Waals surface area contributed by atoms with Gasteiger partial charge in [0.25, 0.3) is 0 Å². The monoisotopic (exact) mass is 450 g/mol. The normalized spacial score (nSPS) is 17.9. The van der Waals surface area contributed by atoms with Crippen molar-refractivity contribution in [3.05, 3.63) is 54.6 Å². The zero-order chi connectivity index (χ0) is 22.9. The molecule has 0 aromatic heterocycles. The summed E-state index contributed by atoms with van der Waals surface area (Å²) in [5.41, 5.74) is 2.23. The Hall–Kier alpha value is -3.14. The highest BCUT2D eigenvalue weighted by Crippen LogP contribution is 2.20. The first kappa shape index (κ1) is 23.0. The zero-order valence-electron chi connectivity index (χ0n) is 18.7. The van der Waals surface area contributed by atoms with Crippen molar-refractivity contribution in [3.63, 3.8) is 0 Å². The third-order valence-electron chi connectivity index (χ3n) is 5.74. The number of nitrogens with one attached hydrogen (secondary N) is 1. The van der Waals surface area contributed by atoms with Gasteiger partial charge in [0.1, 0.15) is 0 Å². The van der Waals surface area contributed by atoms with E-state index in [1.807, 2.05) is 59.5 Å². The summed E-state index contributed by atoms with van der Waals surface area (Å²) in [7, 11) is 0. The third-order valence-corrected chi connectivity index (χ3v) is 5.74. The minimum atomic E-state index is -0.0678. The van der Waals surface area contributed by atoms with Crippen molar-refractivity contribution >= 4 is 28.9 Å². The second-order valence-corrected chi connectivity index (χ2v) is 8.18. The second-order valence-electron chi connectivity index (χ2n) is 8.18. The van der Waals surface area contributed by atoms with E-state index >= 15 is 0 Å². The van der Waals surface area contributed by atoms with Crippen LogP contribution in [-0.4, -0.2) is 92.1 Å². The van der Waals surface area contributed by atoms with Gasteiger partial charge in [0.2, 0.25) is 11.8 Å². The molecule has 0 unspecified atom stereocenters. The highest BCUT2D eigenvalue weighted by molar-refractivity contribution is 5.92. The van der Waals surface area contributed by atoms with Crippen LogP contribution in [0.5, 0.6) is 0 Å². The van der Waals surface area contributed by atoms with Crippen LogP contribution in [0.3, 0.4) is 0 Å². The maximum atomic E-state index is 12.5. The van der Waals surface area contributed by atoms with E-state index in [2.05, 4.69) is 25.3 Å². The van der Waals surface area contributed by atoms with Crippen LogP contribution in [0.25, 0.3) is 0 Å². The van der Waals surface area contributed by atoms with Crippen molar-refractivity contribution in [2.75, 3.05) is 70.9 Å². The van der Waals surface area contributed by atoms with Crippen LogP contribution in [0, 0.1) is 0 Å². The van der Waals surface area contributed by atoms with E-state index in [0.717, 1.165) is 30.2 Å². The number of carbonyl (C=O) groups excluding carboxylic acids is 2. The Labute approximate surface area is 194 Å². The van der Waals surface area contributed by atoms with Crippen molar-refractivity contribution < 1.29 is 14.3 Å². The maximum Gasteiger partial charge on any atom is 0.238 e. The van der Waals surface area contributed by atoms with E-state index in [-0.39, 0.29) is 11.8 Å². The van der Waals surface area contributed by atoms with Crippen LogP contribution in [0.1, 0.15) is 0 Å². The molecule has 0 atom stereocenters. The Kier molecular flexibility index (Phi) is 8.13. The fourth-order valence-electron chi connectivity index (χ4n) is 3.83. The van der Waals surface area contributed by atoms with Crippen molar-refractivity contribution in [2.24, 2.45) is 10.2 Å². The average molecular weight is 451 g/mol. The SMILES string of the molecule is O=C(CN1CCN(C(=O)CN2CCOCC2)CC1)Nc1ccc(N=Nc2ccccc2)cc1. The van der Waals surface area contributed by atoms with Crippen LogP contribution in [0.15, 0.2) is 64.8 Å². The van der Waals surface area contributed by atoms with Crippen molar-refractivity contribution in [3.8, 4) is 0 Å².